The van der Waals surface area contributed by atoms with Gasteiger partial charge in [0.05, 0.1) is 4.90 Å². The average Bonchev–Trinajstić information content (AvgIpc) is 2.62. The second kappa shape index (κ2) is 7.74. The molecule has 0 spiro atoms. The van der Waals surface area contributed by atoms with Crippen LogP contribution in [0.25, 0.3) is 0 Å². The second-order valence-corrected chi connectivity index (χ2v) is 9.06. The maximum atomic E-state index is 12.6. The molecule has 0 aromatic heterocycles. The van der Waals surface area contributed by atoms with E-state index in [1.807, 2.05) is 0 Å². The van der Waals surface area contributed by atoms with Gasteiger partial charge in [0.25, 0.3) is 0 Å². The maximum Gasteiger partial charge on any atom is 0.317 e. The molecule has 1 aliphatic carbocycles. The quantitative estimate of drug-likeness (QED) is 0.893. The maximum absolute atomic E-state index is 12.6. The minimum atomic E-state index is -3.47. The van der Waals surface area contributed by atoms with Crippen LogP contribution in [0.5, 0.6) is 0 Å². The average molecular weight is 365 g/mol. The van der Waals surface area contributed by atoms with Crippen LogP contribution >= 0.6 is 0 Å². The number of hydrogen-bond donors (Lipinski definition) is 1. The molecule has 2 amide bonds. The number of amides is 2. The molecule has 1 aliphatic heterocycles. The van der Waals surface area contributed by atoms with Crippen molar-refractivity contribution in [3.05, 3.63) is 30.3 Å². The molecule has 138 valence electrons. The molecule has 0 radical (unpaired) electrons. The minimum absolute atomic E-state index is 0.0594. The van der Waals surface area contributed by atoms with Gasteiger partial charge in [-0.25, -0.2) is 13.2 Å². The summed E-state index contributed by atoms with van der Waals surface area (Å²) in [5, 5.41) is 3.12. The fourth-order valence-corrected chi connectivity index (χ4v) is 5.15. The van der Waals surface area contributed by atoms with Crippen molar-refractivity contribution in [3.63, 3.8) is 0 Å². The molecule has 3 rings (SSSR count). The van der Waals surface area contributed by atoms with Gasteiger partial charge in [-0.15, -0.1) is 0 Å². The molecule has 1 aromatic carbocycles. The van der Waals surface area contributed by atoms with Crippen LogP contribution in [-0.4, -0.2) is 55.9 Å². The van der Waals surface area contributed by atoms with Crippen molar-refractivity contribution >= 4 is 16.1 Å². The summed E-state index contributed by atoms with van der Waals surface area (Å²) in [6, 6.07) is 8.66. The number of carbonyl (C=O) groups is 1. The number of piperazine rings is 1. The van der Waals surface area contributed by atoms with E-state index < -0.39 is 10.0 Å². The zero-order valence-electron chi connectivity index (χ0n) is 14.7. The van der Waals surface area contributed by atoms with E-state index in [9.17, 15) is 13.2 Å². The number of nitrogens with one attached hydrogen (secondary N) is 1. The van der Waals surface area contributed by atoms with E-state index in [-0.39, 0.29) is 12.1 Å². The van der Waals surface area contributed by atoms with Gasteiger partial charge in [-0.1, -0.05) is 38.0 Å². The first-order valence-electron chi connectivity index (χ1n) is 9.07. The Morgan fingerprint density at radius 1 is 1.08 bits per heavy atom. The first-order chi connectivity index (χ1) is 12.0. The fourth-order valence-electron chi connectivity index (χ4n) is 3.70. The Morgan fingerprint density at radius 2 is 1.76 bits per heavy atom. The third kappa shape index (κ3) is 4.33. The Hall–Kier alpha value is -1.60. The molecule has 7 heteroatoms. The van der Waals surface area contributed by atoms with E-state index in [1.54, 1.807) is 35.2 Å². The Kier molecular flexibility index (Phi) is 5.64. The number of carbonyl (C=O) groups excluding carboxylic acids is 1. The largest absolute Gasteiger partial charge is 0.335 e. The van der Waals surface area contributed by atoms with Crippen molar-refractivity contribution in [3.8, 4) is 0 Å². The highest BCUT2D eigenvalue weighted by molar-refractivity contribution is 7.89. The SMILES string of the molecule is CC1CCCC(NC(=O)N2CCN(S(=O)(=O)c3ccccc3)CC2)C1. The highest BCUT2D eigenvalue weighted by Gasteiger charge is 2.31. The van der Waals surface area contributed by atoms with Crippen molar-refractivity contribution in [1.29, 1.82) is 0 Å². The highest BCUT2D eigenvalue weighted by Crippen LogP contribution is 2.24. The zero-order valence-corrected chi connectivity index (χ0v) is 15.5. The van der Waals surface area contributed by atoms with Crippen LogP contribution in [0.4, 0.5) is 4.79 Å². The molecular formula is C18H27N3O3S. The Bertz CT molecular complexity index is 685. The molecule has 1 N–H and O–H groups in total. The van der Waals surface area contributed by atoms with Gasteiger partial charge in [-0.3, -0.25) is 0 Å². The molecular weight excluding hydrogens is 338 g/mol. The van der Waals surface area contributed by atoms with Gasteiger partial charge in [-0.05, 0) is 30.9 Å². The molecule has 2 fully saturated rings. The van der Waals surface area contributed by atoms with Gasteiger partial charge >= 0.3 is 6.03 Å². The summed E-state index contributed by atoms with van der Waals surface area (Å²) in [7, 11) is -3.47. The lowest BCUT2D eigenvalue weighted by Crippen LogP contribution is -2.54. The van der Waals surface area contributed by atoms with E-state index in [1.165, 1.54) is 10.7 Å². The van der Waals surface area contributed by atoms with Crippen LogP contribution in [0.2, 0.25) is 0 Å². The summed E-state index contributed by atoms with van der Waals surface area (Å²) in [6.45, 7) is 3.77. The standard InChI is InChI=1S/C18H27N3O3S/c1-15-6-5-7-16(14-15)19-18(22)20-10-12-21(13-11-20)25(23,24)17-8-3-2-4-9-17/h2-4,8-9,15-16H,5-7,10-14H2,1H3,(H,19,22). The summed E-state index contributed by atoms with van der Waals surface area (Å²) in [5.74, 6) is 0.659. The van der Waals surface area contributed by atoms with Crippen LogP contribution in [0.3, 0.4) is 0 Å². The van der Waals surface area contributed by atoms with Gasteiger partial charge in [0, 0.05) is 32.2 Å². The van der Waals surface area contributed by atoms with Crippen molar-refractivity contribution < 1.29 is 13.2 Å². The summed E-state index contributed by atoms with van der Waals surface area (Å²) in [6.07, 6.45) is 4.48. The van der Waals surface area contributed by atoms with Crippen molar-refractivity contribution in [2.45, 2.75) is 43.5 Å². The van der Waals surface area contributed by atoms with Crippen LogP contribution < -0.4 is 5.32 Å². The van der Waals surface area contributed by atoms with Crippen molar-refractivity contribution in [1.82, 2.24) is 14.5 Å². The number of urea groups is 1. The monoisotopic (exact) mass is 365 g/mol. The van der Waals surface area contributed by atoms with Crippen LogP contribution in [0.15, 0.2) is 35.2 Å². The van der Waals surface area contributed by atoms with E-state index >= 15 is 0 Å². The fraction of sp³-hybridized carbons (Fsp3) is 0.611. The Labute approximate surface area is 150 Å². The molecule has 1 heterocycles. The number of sulfonamides is 1. The van der Waals surface area contributed by atoms with Gasteiger partial charge in [0.15, 0.2) is 0 Å². The molecule has 1 saturated carbocycles. The second-order valence-electron chi connectivity index (χ2n) is 7.12. The molecule has 2 aliphatic rings. The minimum Gasteiger partial charge on any atom is -0.335 e. The molecule has 2 atom stereocenters. The lowest BCUT2D eigenvalue weighted by molar-refractivity contribution is 0.164. The number of rotatable bonds is 3. The van der Waals surface area contributed by atoms with E-state index in [4.69, 9.17) is 0 Å². The lowest BCUT2D eigenvalue weighted by Gasteiger charge is -2.36. The van der Waals surface area contributed by atoms with Gasteiger partial charge < -0.3 is 10.2 Å². The molecule has 0 bridgehead atoms. The van der Waals surface area contributed by atoms with Gasteiger partial charge in [0.2, 0.25) is 10.0 Å². The molecule has 1 saturated heterocycles. The Balaban J connectivity index is 1.54. The first kappa shape index (κ1) is 18.2. The van der Waals surface area contributed by atoms with E-state index in [0.717, 1.165) is 19.3 Å². The normalized spacial score (nSPS) is 25.6. The van der Waals surface area contributed by atoms with Crippen LogP contribution in [-0.2, 0) is 10.0 Å². The summed E-state index contributed by atoms with van der Waals surface area (Å²) in [5.41, 5.74) is 0. The number of benzene rings is 1. The van der Waals surface area contributed by atoms with Gasteiger partial charge in [-0.2, -0.15) is 4.31 Å². The topological polar surface area (TPSA) is 69.7 Å². The van der Waals surface area contributed by atoms with Crippen molar-refractivity contribution in [2.24, 2.45) is 5.92 Å². The van der Waals surface area contributed by atoms with E-state index in [2.05, 4.69) is 12.2 Å². The summed E-state index contributed by atoms with van der Waals surface area (Å²) < 4.78 is 26.7. The van der Waals surface area contributed by atoms with Gasteiger partial charge in [0.1, 0.15) is 0 Å². The molecule has 1 aromatic rings. The number of hydrogen-bond acceptors (Lipinski definition) is 3. The highest BCUT2D eigenvalue weighted by atomic mass is 32.2. The van der Waals surface area contributed by atoms with Crippen molar-refractivity contribution in [2.75, 3.05) is 26.2 Å². The predicted octanol–water partition coefficient (Wildman–Crippen LogP) is 2.28. The smallest absolute Gasteiger partial charge is 0.317 e. The summed E-state index contributed by atoms with van der Waals surface area (Å²) in [4.78, 5) is 14.5. The number of nitrogens with zero attached hydrogens (tertiary/aromatic N) is 2. The first-order valence-corrected chi connectivity index (χ1v) is 10.5. The lowest BCUT2D eigenvalue weighted by atomic mass is 9.87. The third-order valence-corrected chi connectivity index (χ3v) is 7.08. The van der Waals surface area contributed by atoms with E-state index in [0.29, 0.717) is 37.0 Å². The molecule has 25 heavy (non-hydrogen) atoms. The molecule has 6 nitrogen and oxygen atoms in total. The molecule has 2 unspecified atom stereocenters. The van der Waals surface area contributed by atoms with Crippen LogP contribution in [0, 0.1) is 5.92 Å². The predicted molar refractivity (Wildman–Crippen MR) is 96.7 cm³/mol. The van der Waals surface area contributed by atoms with Crippen LogP contribution in [0.1, 0.15) is 32.6 Å². The third-order valence-electron chi connectivity index (χ3n) is 5.17. The summed E-state index contributed by atoms with van der Waals surface area (Å²) >= 11 is 0. The Morgan fingerprint density at radius 3 is 2.40 bits per heavy atom. The zero-order chi connectivity index (χ0) is 17.9.